The standard InChI is InChI=1S/C14H14BrN5/c1-2-10-4-3-5-16-11(10)8-18-13-14-17-6-7-20(14)9-12(15)19-13/h3-7,9H,2,8H2,1H3,(H,18,19). The van der Waals surface area contributed by atoms with Gasteiger partial charge in [-0.15, -0.1) is 0 Å². The van der Waals surface area contributed by atoms with Gasteiger partial charge in [0.25, 0.3) is 0 Å². The van der Waals surface area contributed by atoms with E-state index >= 15 is 0 Å². The molecule has 0 aliphatic carbocycles. The van der Waals surface area contributed by atoms with Gasteiger partial charge in [-0.3, -0.25) is 4.98 Å². The fourth-order valence-corrected chi connectivity index (χ4v) is 2.54. The quantitative estimate of drug-likeness (QED) is 0.798. The van der Waals surface area contributed by atoms with Crippen LogP contribution in [-0.4, -0.2) is 19.4 Å². The van der Waals surface area contributed by atoms with Gasteiger partial charge in [0.05, 0.1) is 12.2 Å². The minimum Gasteiger partial charge on any atom is -0.361 e. The molecule has 0 aliphatic heterocycles. The Morgan fingerprint density at radius 1 is 1.30 bits per heavy atom. The summed E-state index contributed by atoms with van der Waals surface area (Å²) in [5.41, 5.74) is 3.10. The first-order valence-electron chi connectivity index (χ1n) is 6.43. The van der Waals surface area contributed by atoms with Crippen LogP contribution in [0, 0.1) is 0 Å². The van der Waals surface area contributed by atoms with Crippen LogP contribution < -0.4 is 5.32 Å². The van der Waals surface area contributed by atoms with Gasteiger partial charge in [0.15, 0.2) is 11.5 Å². The molecule has 0 fully saturated rings. The Morgan fingerprint density at radius 3 is 3.05 bits per heavy atom. The van der Waals surface area contributed by atoms with Crippen LogP contribution in [0.2, 0.25) is 0 Å². The highest BCUT2D eigenvalue weighted by Crippen LogP contribution is 2.18. The first-order chi connectivity index (χ1) is 9.78. The molecule has 3 aromatic heterocycles. The molecule has 3 aromatic rings. The number of aromatic nitrogens is 4. The summed E-state index contributed by atoms with van der Waals surface area (Å²) in [5.74, 6) is 0.747. The second kappa shape index (κ2) is 5.58. The van der Waals surface area contributed by atoms with E-state index < -0.39 is 0 Å². The Bertz CT molecular complexity index is 737. The highest BCUT2D eigenvalue weighted by atomic mass is 79.9. The van der Waals surface area contributed by atoms with Crippen molar-refractivity contribution >= 4 is 27.4 Å². The highest BCUT2D eigenvalue weighted by molar-refractivity contribution is 9.10. The third-order valence-electron chi connectivity index (χ3n) is 3.13. The summed E-state index contributed by atoms with van der Waals surface area (Å²) in [7, 11) is 0. The maximum Gasteiger partial charge on any atom is 0.180 e. The fraction of sp³-hybridized carbons (Fsp3) is 0.214. The number of anilines is 1. The highest BCUT2D eigenvalue weighted by Gasteiger charge is 2.07. The van der Waals surface area contributed by atoms with E-state index in [-0.39, 0.29) is 0 Å². The molecule has 3 rings (SSSR count). The summed E-state index contributed by atoms with van der Waals surface area (Å²) in [5, 5.41) is 3.32. The van der Waals surface area contributed by atoms with Gasteiger partial charge in [0, 0.05) is 24.8 Å². The van der Waals surface area contributed by atoms with Gasteiger partial charge in [0.2, 0.25) is 0 Å². The zero-order valence-corrected chi connectivity index (χ0v) is 12.6. The lowest BCUT2D eigenvalue weighted by Crippen LogP contribution is -2.07. The Morgan fingerprint density at radius 2 is 2.20 bits per heavy atom. The van der Waals surface area contributed by atoms with Crippen molar-refractivity contribution in [1.82, 2.24) is 19.4 Å². The molecule has 102 valence electrons. The molecule has 0 spiro atoms. The Kier molecular flexibility index (Phi) is 3.64. The monoisotopic (exact) mass is 331 g/mol. The van der Waals surface area contributed by atoms with Gasteiger partial charge >= 0.3 is 0 Å². The van der Waals surface area contributed by atoms with E-state index in [1.165, 1.54) is 5.56 Å². The normalized spacial score (nSPS) is 10.9. The van der Waals surface area contributed by atoms with Crippen molar-refractivity contribution in [1.29, 1.82) is 0 Å². The molecular formula is C14H14BrN5. The molecule has 6 heteroatoms. The number of hydrogen-bond donors (Lipinski definition) is 1. The van der Waals surface area contributed by atoms with E-state index in [0.717, 1.165) is 28.2 Å². The third-order valence-corrected chi connectivity index (χ3v) is 3.52. The minimum atomic E-state index is 0.635. The number of halogens is 1. The number of fused-ring (bicyclic) bond motifs is 1. The number of aryl methyl sites for hydroxylation is 1. The van der Waals surface area contributed by atoms with E-state index in [0.29, 0.717) is 6.54 Å². The maximum atomic E-state index is 4.44. The number of rotatable bonds is 4. The molecule has 0 unspecified atom stereocenters. The molecule has 0 atom stereocenters. The molecule has 20 heavy (non-hydrogen) atoms. The number of nitrogens with one attached hydrogen (secondary N) is 1. The van der Waals surface area contributed by atoms with Crippen molar-refractivity contribution in [3.8, 4) is 0 Å². The van der Waals surface area contributed by atoms with Gasteiger partial charge in [-0.05, 0) is 34.0 Å². The van der Waals surface area contributed by atoms with Crippen LogP contribution in [0.25, 0.3) is 5.65 Å². The Hall–Kier alpha value is -1.95. The molecule has 1 N–H and O–H groups in total. The molecule has 0 aromatic carbocycles. The average Bonchev–Trinajstić information content (AvgIpc) is 2.93. The van der Waals surface area contributed by atoms with Gasteiger partial charge in [0.1, 0.15) is 4.60 Å². The van der Waals surface area contributed by atoms with E-state index in [2.05, 4.69) is 49.2 Å². The Labute approximate surface area is 125 Å². The number of imidazole rings is 1. The van der Waals surface area contributed by atoms with Crippen LogP contribution in [0.1, 0.15) is 18.2 Å². The molecule has 0 saturated heterocycles. The maximum absolute atomic E-state index is 4.44. The number of nitrogens with zero attached hydrogens (tertiary/aromatic N) is 4. The zero-order chi connectivity index (χ0) is 13.9. The van der Waals surface area contributed by atoms with Gasteiger partial charge in [-0.1, -0.05) is 13.0 Å². The van der Waals surface area contributed by atoms with Gasteiger partial charge in [-0.2, -0.15) is 0 Å². The number of pyridine rings is 1. The van der Waals surface area contributed by atoms with Crippen LogP contribution in [0.4, 0.5) is 5.82 Å². The molecule has 0 amide bonds. The first-order valence-corrected chi connectivity index (χ1v) is 7.23. The van der Waals surface area contributed by atoms with Gasteiger partial charge < -0.3 is 9.72 Å². The lowest BCUT2D eigenvalue weighted by Gasteiger charge is -2.09. The topological polar surface area (TPSA) is 55.1 Å². The van der Waals surface area contributed by atoms with Crippen LogP contribution in [0.5, 0.6) is 0 Å². The SMILES string of the molecule is CCc1cccnc1CNc1nc(Br)cn2ccnc12. The lowest BCUT2D eigenvalue weighted by molar-refractivity contribution is 0.959. The summed E-state index contributed by atoms with van der Waals surface area (Å²) in [6.07, 6.45) is 8.31. The molecule has 5 nitrogen and oxygen atoms in total. The second-order valence-corrected chi connectivity index (χ2v) is 5.20. The van der Waals surface area contributed by atoms with Crippen molar-refractivity contribution in [2.45, 2.75) is 19.9 Å². The fourth-order valence-electron chi connectivity index (χ4n) is 2.14. The second-order valence-electron chi connectivity index (χ2n) is 4.39. The molecule has 0 bridgehead atoms. The summed E-state index contributed by atoms with van der Waals surface area (Å²) in [6, 6.07) is 4.07. The average molecular weight is 332 g/mol. The first kappa shape index (κ1) is 13.1. The van der Waals surface area contributed by atoms with Crippen LogP contribution in [0.15, 0.2) is 41.5 Å². The largest absolute Gasteiger partial charge is 0.361 e. The minimum absolute atomic E-state index is 0.635. The molecule has 0 saturated carbocycles. The smallest absolute Gasteiger partial charge is 0.180 e. The van der Waals surface area contributed by atoms with Crippen LogP contribution >= 0.6 is 15.9 Å². The molecule has 0 radical (unpaired) electrons. The van der Waals surface area contributed by atoms with Crippen LogP contribution in [-0.2, 0) is 13.0 Å². The predicted molar refractivity (Wildman–Crippen MR) is 81.6 cm³/mol. The van der Waals surface area contributed by atoms with E-state index in [1.54, 1.807) is 6.20 Å². The van der Waals surface area contributed by atoms with Crippen molar-refractivity contribution in [3.05, 3.63) is 52.8 Å². The van der Waals surface area contributed by atoms with Crippen molar-refractivity contribution in [3.63, 3.8) is 0 Å². The van der Waals surface area contributed by atoms with E-state index in [1.807, 2.05) is 29.1 Å². The van der Waals surface area contributed by atoms with E-state index in [9.17, 15) is 0 Å². The summed E-state index contributed by atoms with van der Waals surface area (Å²) >= 11 is 3.41. The van der Waals surface area contributed by atoms with Crippen molar-refractivity contribution in [2.24, 2.45) is 0 Å². The Balaban J connectivity index is 1.88. The van der Waals surface area contributed by atoms with Crippen molar-refractivity contribution < 1.29 is 0 Å². The number of hydrogen-bond acceptors (Lipinski definition) is 4. The van der Waals surface area contributed by atoms with Crippen molar-refractivity contribution in [2.75, 3.05) is 5.32 Å². The zero-order valence-electron chi connectivity index (χ0n) is 11.0. The third kappa shape index (κ3) is 2.51. The molecule has 0 aliphatic rings. The summed E-state index contributed by atoms with van der Waals surface area (Å²) in [4.78, 5) is 13.2. The molecular weight excluding hydrogens is 318 g/mol. The predicted octanol–water partition coefficient (Wildman–Crippen LogP) is 3.06. The lowest BCUT2D eigenvalue weighted by atomic mass is 10.1. The summed E-state index contributed by atoms with van der Waals surface area (Å²) in [6.45, 7) is 2.76. The van der Waals surface area contributed by atoms with Gasteiger partial charge in [-0.25, -0.2) is 9.97 Å². The van der Waals surface area contributed by atoms with Crippen LogP contribution in [0.3, 0.4) is 0 Å². The molecule has 3 heterocycles. The van der Waals surface area contributed by atoms with E-state index in [4.69, 9.17) is 0 Å². The summed E-state index contributed by atoms with van der Waals surface area (Å²) < 4.78 is 2.70.